The van der Waals surface area contributed by atoms with E-state index in [0.29, 0.717) is 12.5 Å². The molecule has 0 spiro atoms. The minimum absolute atomic E-state index is 0.00538. The molecular weight excluding hydrogens is 394 g/mol. The molecule has 2 amide bonds. The second-order valence-corrected chi connectivity index (χ2v) is 8.17. The molecule has 0 atom stereocenters. The summed E-state index contributed by atoms with van der Waals surface area (Å²) >= 11 is 3.45. The SMILES string of the molecule is O=C(CN1CCC(C(=O)N2CCCCCC2)CC1)Nc1ccccc1Br. The number of hydrogen-bond donors (Lipinski definition) is 1. The Balaban J connectivity index is 1.44. The van der Waals surface area contributed by atoms with Gasteiger partial charge in [0.25, 0.3) is 0 Å². The van der Waals surface area contributed by atoms with Crippen LogP contribution in [0.5, 0.6) is 0 Å². The van der Waals surface area contributed by atoms with Crippen LogP contribution in [0.3, 0.4) is 0 Å². The van der Waals surface area contributed by atoms with Crippen LogP contribution < -0.4 is 5.32 Å². The molecule has 5 nitrogen and oxygen atoms in total. The fraction of sp³-hybridized carbons (Fsp3) is 0.600. The van der Waals surface area contributed by atoms with E-state index in [1.165, 1.54) is 12.8 Å². The number of carbonyl (C=O) groups is 2. The predicted molar refractivity (Wildman–Crippen MR) is 107 cm³/mol. The molecule has 3 rings (SSSR count). The molecule has 2 saturated heterocycles. The third kappa shape index (κ3) is 5.30. The summed E-state index contributed by atoms with van der Waals surface area (Å²) in [7, 11) is 0. The molecule has 0 bridgehead atoms. The van der Waals surface area contributed by atoms with E-state index < -0.39 is 0 Å². The molecule has 0 aromatic heterocycles. The molecule has 1 aromatic rings. The second-order valence-electron chi connectivity index (χ2n) is 7.32. The van der Waals surface area contributed by atoms with E-state index in [1.807, 2.05) is 24.3 Å². The number of rotatable bonds is 4. The zero-order chi connectivity index (χ0) is 18.4. The van der Waals surface area contributed by atoms with Gasteiger partial charge in [-0.25, -0.2) is 0 Å². The Morgan fingerprint density at radius 2 is 1.65 bits per heavy atom. The quantitative estimate of drug-likeness (QED) is 0.808. The third-order valence-corrected chi connectivity index (χ3v) is 6.06. The van der Waals surface area contributed by atoms with Gasteiger partial charge in [0.2, 0.25) is 11.8 Å². The van der Waals surface area contributed by atoms with Crippen molar-refractivity contribution < 1.29 is 9.59 Å². The van der Waals surface area contributed by atoms with Crippen LogP contribution in [0.1, 0.15) is 38.5 Å². The Labute approximate surface area is 164 Å². The minimum atomic E-state index is -0.00538. The topological polar surface area (TPSA) is 52.7 Å². The summed E-state index contributed by atoms with van der Waals surface area (Å²) in [6.07, 6.45) is 6.48. The number of piperidine rings is 1. The van der Waals surface area contributed by atoms with Gasteiger partial charge in [-0.1, -0.05) is 25.0 Å². The number of likely N-dealkylation sites (tertiary alicyclic amines) is 2. The predicted octanol–water partition coefficient (Wildman–Crippen LogP) is 3.50. The first-order valence-corrected chi connectivity index (χ1v) is 10.5. The largest absolute Gasteiger partial charge is 0.342 e. The molecule has 6 heteroatoms. The molecule has 0 unspecified atom stereocenters. The Hall–Kier alpha value is -1.40. The van der Waals surface area contributed by atoms with E-state index in [0.717, 1.165) is 62.0 Å². The van der Waals surface area contributed by atoms with E-state index in [4.69, 9.17) is 0 Å². The smallest absolute Gasteiger partial charge is 0.238 e. The maximum absolute atomic E-state index is 12.7. The van der Waals surface area contributed by atoms with Gasteiger partial charge >= 0.3 is 0 Å². The maximum Gasteiger partial charge on any atom is 0.238 e. The minimum Gasteiger partial charge on any atom is -0.342 e. The first kappa shape index (κ1) is 19.4. The van der Waals surface area contributed by atoms with E-state index >= 15 is 0 Å². The van der Waals surface area contributed by atoms with Crippen molar-refractivity contribution in [1.82, 2.24) is 9.80 Å². The molecule has 2 fully saturated rings. The van der Waals surface area contributed by atoms with Gasteiger partial charge in [0.1, 0.15) is 0 Å². The highest BCUT2D eigenvalue weighted by molar-refractivity contribution is 9.10. The summed E-state index contributed by atoms with van der Waals surface area (Å²) in [5.41, 5.74) is 0.795. The molecule has 2 heterocycles. The highest BCUT2D eigenvalue weighted by Crippen LogP contribution is 2.23. The molecule has 2 aliphatic rings. The van der Waals surface area contributed by atoms with Gasteiger partial charge in [-0.2, -0.15) is 0 Å². The lowest BCUT2D eigenvalue weighted by atomic mass is 9.95. The van der Waals surface area contributed by atoms with Crippen molar-refractivity contribution in [2.45, 2.75) is 38.5 Å². The van der Waals surface area contributed by atoms with Gasteiger partial charge in [0, 0.05) is 23.5 Å². The average molecular weight is 422 g/mol. The monoisotopic (exact) mass is 421 g/mol. The summed E-state index contributed by atoms with van der Waals surface area (Å²) in [5.74, 6) is 0.467. The van der Waals surface area contributed by atoms with Crippen molar-refractivity contribution in [1.29, 1.82) is 0 Å². The number of carbonyl (C=O) groups excluding carboxylic acids is 2. The molecule has 142 valence electrons. The van der Waals surface area contributed by atoms with Crippen LogP contribution in [0.15, 0.2) is 28.7 Å². The van der Waals surface area contributed by atoms with Gasteiger partial charge in [0.15, 0.2) is 0 Å². The summed E-state index contributed by atoms with van der Waals surface area (Å²) in [6.45, 7) is 3.86. The second kappa shape index (κ2) is 9.51. The Morgan fingerprint density at radius 1 is 1.00 bits per heavy atom. The van der Waals surface area contributed by atoms with Crippen LogP contribution in [0, 0.1) is 5.92 Å². The number of hydrogen-bond acceptors (Lipinski definition) is 3. The lowest BCUT2D eigenvalue weighted by Crippen LogP contribution is -2.44. The van der Waals surface area contributed by atoms with E-state index in [2.05, 4.69) is 31.0 Å². The summed E-state index contributed by atoms with van der Waals surface area (Å²) in [5, 5.41) is 2.95. The van der Waals surface area contributed by atoms with Crippen LogP contribution in [-0.4, -0.2) is 54.3 Å². The summed E-state index contributed by atoms with van der Waals surface area (Å²) in [6, 6.07) is 7.62. The normalized spacial score (nSPS) is 19.8. The lowest BCUT2D eigenvalue weighted by molar-refractivity contribution is -0.137. The first-order chi connectivity index (χ1) is 12.6. The van der Waals surface area contributed by atoms with Crippen molar-refractivity contribution in [2.75, 3.05) is 38.0 Å². The van der Waals surface area contributed by atoms with Crippen LogP contribution in [0.2, 0.25) is 0 Å². The van der Waals surface area contributed by atoms with Crippen LogP contribution in [0.25, 0.3) is 0 Å². The zero-order valence-corrected chi connectivity index (χ0v) is 16.8. The average Bonchev–Trinajstić information content (AvgIpc) is 2.93. The van der Waals surface area contributed by atoms with Gasteiger partial charge in [-0.15, -0.1) is 0 Å². The maximum atomic E-state index is 12.7. The number of para-hydroxylation sites is 1. The fourth-order valence-electron chi connectivity index (χ4n) is 3.84. The van der Waals surface area contributed by atoms with Gasteiger partial charge < -0.3 is 10.2 Å². The van der Waals surface area contributed by atoms with Crippen molar-refractivity contribution >= 4 is 33.4 Å². The lowest BCUT2D eigenvalue weighted by Gasteiger charge is -2.33. The zero-order valence-electron chi connectivity index (χ0n) is 15.3. The van der Waals surface area contributed by atoms with Crippen molar-refractivity contribution in [3.05, 3.63) is 28.7 Å². The molecule has 2 aliphatic heterocycles. The molecule has 0 aliphatic carbocycles. The van der Waals surface area contributed by atoms with Crippen molar-refractivity contribution in [2.24, 2.45) is 5.92 Å². The van der Waals surface area contributed by atoms with Gasteiger partial charge in [-0.3, -0.25) is 14.5 Å². The van der Waals surface area contributed by atoms with Crippen molar-refractivity contribution in [3.8, 4) is 0 Å². The number of halogens is 1. The Kier molecular flexibility index (Phi) is 7.08. The summed E-state index contributed by atoms with van der Waals surface area (Å²) in [4.78, 5) is 29.2. The molecule has 0 radical (unpaired) electrons. The Morgan fingerprint density at radius 3 is 2.31 bits per heavy atom. The van der Waals surface area contributed by atoms with Crippen LogP contribution in [-0.2, 0) is 9.59 Å². The van der Waals surface area contributed by atoms with Gasteiger partial charge in [0.05, 0.1) is 12.2 Å². The highest BCUT2D eigenvalue weighted by atomic mass is 79.9. The van der Waals surface area contributed by atoms with Gasteiger partial charge in [-0.05, 0) is 66.8 Å². The van der Waals surface area contributed by atoms with Crippen LogP contribution in [0.4, 0.5) is 5.69 Å². The van der Waals surface area contributed by atoms with Crippen molar-refractivity contribution in [3.63, 3.8) is 0 Å². The molecule has 1 N–H and O–H groups in total. The van der Waals surface area contributed by atoms with E-state index in [1.54, 1.807) is 0 Å². The third-order valence-electron chi connectivity index (χ3n) is 5.37. The number of anilines is 1. The summed E-state index contributed by atoms with van der Waals surface area (Å²) < 4.78 is 0.884. The fourth-order valence-corrected chi connectivity index (χ4v) is 4.23. The standard InChI is InChI=1S/C20H28BrN3O2/c21-17-7-3-4-8-18(17)22-19(25)15-23-13-9-16(10-14-23)20(26)24-11-5-1-2-6-12-24/h3-4,7-8,16H,1-2,5-6,9-15H2,(H,22,25). The first-order valence-electron chi connectivity index (χ1n) is 9.69. The highest BCUT2D eigenvalue weighted by Gasteiger charge is 2.29. The molecular formula is C20H28BrN3O2. The van der Waals surface area contributed by atoms with E-state index in [9.17, 15) is 9.59 Å². The number of benzene rings is 1. The van der Waals surface area contributed by atoms with E-state index in [-0.39, 0.29) is 11.8 Å². The number of nitrogens with one attached hydrogen (secondary N) is 1. The molecule has 0 saturated carbocycles. The Bertz CT molecular complexity index is 621. The molecule has 1 aromatic carbocycles. The number of amides is 2. The van der Waals surface area contributed by atoms with Crippen LogP contribution >= 0.6 is 15.9 Å². The number of nitrogens with zero attached hydrogens (tertiary/aromatic N) is 2. The molecule has 26 heavy (non-hydrogen) atoms.